The zero-order valence-electron chi connectivity index (χ0n) is 15.0. The molecule has 0 bridgehead atoms. The minimum atomic E-state index is -0.259. The van der Waals surface area contributed by atoms with E-state index in [1.165, 1.54) is 0 Å². The third-order valence-corrected chi connectivity index (χ3v) is 4.70. The predicted octanol–water partition coefficient (Wildman–Crippen LogP) is 2.37. The number of aryl methyl sites for hydroxylation is 1. The Labute approximate surface area is 156 Å². The number of pyridine rings is 1. The number of rotatable bonds is 3. The van der Waals surface area contributed by atoms with Crippen molar-refractivity contribution >= 4 is 23.0 Å². The summed E-state index contributed by atoms with van der Waals surface area (Å²) in [5, 5.41) is 7.06. The Hall–Kier alpha value is -3.19. The van der Waals surface area contributed by atoms with E-state index in [0.717, 1.165) is 11.1 Å². The van der Waals surface area contributed by atoms with Crippen LogP contribution in [0.15, 0.2) is 48.8 Å². The fraction of sp³-hybridized carbons (Fsp3) is 0.250. The van der Waals surface area contributed by atoms with Gasteiger partial charge in [-0.05, 0) is 36.8 Å². The van der Waals surface area contributed by atoms with Gasteiger partial charge in [0.05, 0.1) is 30.5 Å². The maximum atomic E-state index is 12.8. The molecule has 7 heteroatoms. The number of ether oxygens (including phenoxy) is 1. The van der Waals surface area contributed by atoms with Gasteiger partial charge in [0.25, 0.3) is 11.8 Å². The summed E-state index contributed by atoms with van der Waals surface area (Å²) in [6.45, 7) is 4.16. The first-order chi connectivity index (χ1) is 13.1. The molecular formula is C20H20N4O3. The summed E-state index contributed by atoms with van der Waals surface area (Å²) in [6.07, 6.45) is 3.33. The van der Waals surface area contributed by atoms with Crippen molar-refractivity contribution in [2.24, 2.45) is 0 Å². The molecule has 1 aromatic carbocycles. The van der Waals surface area contributed by atoms with Gasteiger partial charge in [-0.2, -0.15) is 5.10 Å². The van der Waals surface area contributed by atoms with Gasteiger partial charge in [0.2, 0.25) is 0 Å². The van der Waals surface area contributed by atoms with Gasteiger partial charge >= 0.3 is 0 Å². The summed E-state index contributed by atoms with van der Waals surface area (Å²) in [5.41, 5.74) is 3.26. The summed E-state index contributed by atoms with van der Waals surface area (Å²) in [6, 6.07) is 10.9. The van der Waals surface area contributed by atoms with Crippen LogP contribution >= 0.6 is 0 Å². The highest BCUT2D eigenvalue weighted by Gasteiger charge is 2.21. The van der Waals surface area contributed by atoms with Crippen LogP contribution in [0.5, 0.6) is 0 Å². The number of hydrogen-bond acceptors (Lipinski definition) is 4. The van der Waals surface area contributed by atoms with Crippen molar-refractivity contribution in [1.29, 1.82) is 0 Å². The largest absolute Gasteiger partial charge is 0.378 e. The summed E-state index contributed by atoms with van der Waals surface area (Å²) in [5.74, 6) is -0.298. The number of carbonyl (C=O) groups is 2. The molecule has 0 unspecified atom stereocenters. The average molecular weight is 364 g/mol. The lowest BCUT2D eigenvalue weighted by Crippen LogP contribution is -2.41. The molecule has 0 spiro atoms. The van der Waals surface area contributed by atoms with Gasteiger partial charge in [-0.1, -0.05) is 12.1 Å². The van der Waals surface area contributed by atoms with Crippen molar-refractivity contribution in [3.8, 4) is 0 Å². The number of benzene rings is 1. The molecule has 2 aromatic heterocycles. The Balaban J connectivity index is 1.57. The molecule has 27 heavy (non-hydrogen) atoms. The number of anilines is 1. The number of fused-ring (bicyclic) bond motifs is 1. The molecule has 1 aliphatic rings. The van der Waals surface area contributed by atoms with Gasteiger partial charge in [-0.25, -0.2) is 4.52 Å². The third-order valence-electron chi connectivity index (χ3n) is 4.70. The molecule has 1 N–H and O–H groups in total. The zero-order chi connectivity index (χ0) is 18.8. The normalized spacial score (nSPS) is 14.3. The molecule has 2 amide bonds. The standard InChI is InChI=1S/C20H20N4O3/c1-14-5-6-15(12-16(14)20(26)23-8-10-27-11-9-23)22-19(25)17-13-21-24-7-3-2-4-18(17)24/h2-7,12-13H,8-11H2,1H3,(H,22,25). The van der Waals surface area contributed by atoms with Crippen molar-refractivity contribution in [3.63, 3.8) is 0 Å². The lowest BCUT2D eigenvalue weighted by atomic mass is 10.1. The monoisotopic (exact) mass is 364 g/mol. The summed E-state index contributed by atoms with van der Waals surface area (Å²) < 4.78 is 6.96. The topological polar surface area (TPSA) is 75.9 Å². The Morgan fingerprint density at radius 2 is 1.93 bits per heavy atom. The average Bonchev–Trinajstić information content (AvgIpc) is 3.14. The molecular weight excluding hydrogens is 344 g/mol. The number of nitrogens with zero attached hydrogens (tertiary/aromatic N) is 3. The van der Waals surface area contributed by atoms with E-state index in [0.29, 0.717) is 43.1 Å². The predicted molar refractivity (Wildman–Crippen MR) is 101 cm³/mol. The first kappa shape index (κ1) is 17.2. The van der Waals surface area contributed by atoms with Crippen LogP contribution in [-0.4, -0.2) is 52.6 Å². The van der Waals surface area contributed by atoms with Crippen molar-refractivity contribution in [2.45, 2.75) is 6.92 Å². The number of morpholine rings is 1. The van der Waals surface area contributed by atoms with Crippen molar-refractivity contribution in [3.05, 3.63) is 65.5 Å². The van der Waals surface area contributed by atoms with Gasteiger partial charge in [0.15, 0.2) is 0 Å². The molecule has 3 heterocycles. The summed E-state index contributed by atoms with van der Waals surface area (Å²) in [4.78, 5) is 27.3. The number of carbonyl (C=O) groups excluding carboxylic acids is 2. The van der Waals surface area contributed by atoms with E-state index < -0.39 is 0 Å². The molecule has 7 nitrogen and oxygen atoms in total. The van der Waals surface area contributed by atoms with Crippen LogP contribution in [0.3, 0.4) is 0 Å². The fourth-order valence-corrected chi connectivity index (χ4v) is 3.17. The molecule has 1 fully saturated rings. The second-order valence-electron chi connectivity index (χ2n) is 6.48. The highest BCUT2D eigenvalue weighted by Crippen LogP contribution is 2.20. The van der Waals surface area contributed by atoms with Gasteiger partial charge < -0.3 is 15.0 Å². The van der Waals surface area contributed by atoms with E-state index in [9.17, 15) is 9.59 Å². The van der Waals surface area contributed by atoms with Crippen molar-refractivity contribution < 1.29 is 14.3 Å². The van der Waals surface area contributed by atoms with Gasteiger partial charge in [-0.3, -0.25) is 9.59 Å². The maximum Gasteiger partial charge on any atom is 0.259 e. The number of hydrogen-bond donors (Lipinski definition) is 1. The molecule has 1 aliphatic heterocycles. The molecule has 0 aliphatic carbocycles. The Morgan fingerprint density at radius 3 is 2.74 bits per heavy atom. The molecule has 0 atom stereocenters. The lowest BCUT2D eigenvalue weighted by molar-refractivity contribution is 0.0302. The van der Waals surface area contributed by atoms with Crippen LogP contribution in [-0.2, 0) is 4.74 Å². The van der Waals surface area contributed by atoms with Crippen LogP contribution in [0.25, 0.3) is 5.52 Å². The Kier molecular flexibility index (Phi) is 4.60. The first-order valence-corrected chi connectivity index (χ1v) is 8.85. The smallest absolute Gasteiger partial charge is 0.259 e. The molecule has 0 saturated carbocycles. The van der Waals surface area contributed by atoms with Crippen LogP contribution in [0.2, 0.25) is 0 Å². The molecule has 3 aromatic rings. The van der Waals surface area contributed by atoms with Crippen LogP contribution in [0.4, 0.5) is 5.69 Å². The van der Waals surface area contributed by atoms with Crippen LogP contribution in [0.1, 0.15) is 26.3 Å². The SMILES string of the molecule is Cc1ccc(NC(=O)c2cnn3ccccc23)cc1C(=O)N1CCOCC1. The fourth-order valence-electron chi connectivity index (χ4n) is 3.17. The second kappa shape index (κ2) is 7.20. The highest BCUT2D eigenvalue weighted by atomic mass is 16.5. The number of nitrogens with one attached hydrogen (secondary N) is 1. The van der Waals surface area contributed by atoms with E-state index in [1.54, 1.807) is 33.9 Å². The highest BCUT2D eigenvalue weighted by molar-refractivity contribution is 6.09. The molecule has 138 valence electrons. The summed E-state index contributed by atoms with van der Waals surface area (Å²) >= 11 is 0. The maximum absolute atomic E-state index is 12.8. The first-order valence-electron chi connectivity index (χ1n) is 8.85. The number of aromatic nitrogens is 2. The Morgan fingerprint density at radius 1 is 1.11 bits per heavy atom. The quantitative estimate of drug-likeness (QED) is 0.774. The van der Waals surface area contributed by atoms with Crippen molar-refractivity contribution in [2.75, 3.05) is 31.6 Å². The summed E-state index contributed by atoms with van der Waals surface area (Å²) in [7, 11) is 0. The van der Waals surface area contributed by atoms with E-state index in [2.05, 4.69) is 10.4 Å². The van der Waals surface area contributed by atoms with E-state index in [1.807, 2.05) is 31.2 Å². The van der Waals surface area contributed by atoms with Crippen molar-refractivity contribution in [1.82, 2.24) is 14.5 Å². The lowest BCUT2D eigenvalue weighted by Gasteiger charge is -2.27. The Bertz CT molecular complexity index is 1010. The minimum Gasteiger partial charge on any atom is -0.378 e. The van der Waals surface area contributed by atoms with E-state index in [4.69, 9.17) is 4.74 Å². The second-order valence-corrected chi connectivity index (χ2v) is 6.48. The number of amides is 2. The van der Waals surface area contributed by atoms with Crippen LogP contribution < -0.4 is 5.32 Å². The van der Waals surface area contributed by atoms with Gasteiger partial charge in [0.1, 0.15) is 0 Å². The minimum absolute atomic E-state index is 0.0390. The zero-order valence-corrected chi connectivity index (χ0v) is 15.0. The molecule has 0 radical (unpaired) electrons. The van der Waals surface area contributed by atoms with E-state index >= 15 is 0 Å². The molecule has 4 rings (SSSR count). The third kappa shape index (κ3) is 3.41. The molecule has 1 saturated heterocycles. The van der Waals surface area contributed by atoms with Crippen LogP contribution in [0, 0.1) is 6.92 Å². The van der Waals surface area contributed by atoms with E-state index in [-0.39, 0.29) is 11.8 Å². The van der Waals surface area contributed by atoms with Gasteiger partial charge in [0, 0.05) is 30.5 Å². The van der Waals surface area contributed by atoms with Gasteiger partial charge in [-0.15, -0.1) is 0 Å².